The molecule has 3 aromatic carbocycles. The highest BCUT2D eigenvalue weighted by Crippen LogP contribution is 2.22. The maximum absolute atomic E-state index is 4.96. The van der Waals surface area contributed by atoms with Crippen molar-refractivity contribution in [1.82, 2.24) is 4.98 Å². The molecule has 24 heavy (non-hydrogen) atoms. The van der Waals surface area contributed by atoms with Gasteiger partial charge in [-0.3, -0.25) is 4.98 Å². The maximum atomic E-state index is 4.96. The summed E-state index contributed by atoms with van der Waals surface area (Å²) < 4.78 is 0. The number of fused-ring (bicyclic) bond motifs is 1. The molecular formula is C23H17N. The molecule has 0 atom stereocenters. The Morgan fingerprint density at radius 1 is 0.792 bits per heavy atom. The van der Waals surface area contributed by atoms with E-state index in [0.717, 1.165) is 29.8 Å². The van der Waals surface area contributed by atoms with E-state index in [0.29, 0.717) is 0 Å². The molecule has 0 unspecified atom stereocenters. The van der Waals surface area contributed by atoms with Crippen molar-refractivity contribution < 1.29 is 0 Å². The van der Waals surface area contributed by atoms with Crippen LogP contribution in [0, 0.1) is 12.1 Å². The largest absolute Gasteiger partial charge is 0.256 e. The third-order valence-corrected chi connectivity index (χ3v) is 4.17. The fourth-order valence-corrected chi connectivity index (χ4v) is 3.03. The first kappa shape index (κ1) is 14.5. The molecule has 0 spiro atoms. The van der Waals surface area contributed by atoms with Crippen molar-refractivity contribution in [3.8, 4) is 0 Å². The summed E-state index contributed by atoms with van der Waals surface area (Å²) in [7, 11) is 0. The number of hydrogen-bond donors (Lipinski definition) is 0. The van der Waals surface area contributed by atoms with Crippen LogP contribution in [0.3, 0.4) is 0 Å². The molecule has 0 amide bonds. The Hall–Kier alpha value is -3.11. The van der Waals surface area contributed by atoms with Crippen LogP contribution in [0.1, 0.15) is 22.5 Å². The lowest BCUT2D eigenvalue weighted by molar-refractivity contribution is 1.01. The summed E-state index contributed by atoms with van der Waals surface area (Å²) in [6.07, 6.45) is 1.63. The highest BCUT2D eigenvalue weighted by molar-refractivity contribution is 5.85. The van der Waals surface area contributed by atoms with Crippen LogP contribution in [0.4, 0.5) is 0 Å². The highest BCUT2D eigenvalue weighted by Gasteiger charge is 2.07. The van der Waals surface area contributed by atoms with Gasteiger partial charge in [-0.15, -0.1) is 0 Å². The predicted molar refractivity (Wildman–Crippen MR) is 97.9 cm³/mol. The molecule has 1 heteroatoms. The summed E-state index contributed by atoms with van der Waals surface area (Å²) in [5.41, 5.74) is 4.61. The van der Waals surface area contributed by atoms with Crippen LogP contribution >= 0.6 is 0 Å². The molecule has 4 rings (SSSR count). The van der Waals surface area contributed by atoms with Crippen LogP contribution in [-0.4, -0.2) is 4.98 Å². The van der Waals surface area contributed by atoms with Gasteiger partial charge in [0.1, 0.15) is 0 Å². The van der Waals surface area contributed by atoms with Gasteiger partial charge in [-0.25, -0.2) is 0 Å². The molecule has 1 heterocycles. The van der Waals surface area contributed by atoms with Crippen molar-refractivity contribution >= 4 is 10.8 Å². The zero-order valence-corrected chi connectivity index (χ0v) is 13.4. The van der Waals surface area contributed by atoms with E-state index in [-0.39, 0.29) is 0 Å². The summed E-state index contributed by atoms with van der Waals surface area (Å²) in [6, 6.07) is 33.3. The molecule has 0 saturated carbocycles. The topological polar surface area (TPSA) is 12.9 Å². The van der Waals surface area contributed by atoms with Crippen LogP contribution in [0.15, 0.2) is 78.9 Å². The number of benzene rings is 2. The Morgan fingerprint density at radius 3 is 2.46 bits per heavy atom. The average molecular weight is 307 g/mol. The van der Waals surface area contributed by atoms with Crippen LogP contribution in [0.2, 0.25) is 0 Å². The third kappa shape index (κ3) is 3.14. The minimum Gasteiger partial charge on any atom is -0.256 e. The second kappa shape index (κ2) is 6.56. The first-order valence-corrected chi connectivity index (χ1v) is 8.17. The minimum atomic E-state index is 0.778. The summed E-state index contributed by atoms with van der Waals surface area (Å²) in [6.45, 7) is 0. The molecule has 0 aliphatic carbocycles. The Kier molecular flexibility index (Phi) is 3.96. The molecule has 0 N–H and O–H groups in total. The van der Waals surface area contributed by atoms with Crippen molar-refractivity contribution in [3.05, 3.63) is 114 Å². The van der Waals surface area contributed by atoms with E-state index in [1.165, 1.54) is 16.3 Å². The van der Waals surface area contributed by atoms with Gasteiger partial charge in [-0.1, -0.05) is 72.8 Å². The van der Waals surface area contributed by atoms with Gasteiger partial charge >= 0.3 is 0 Å². The number of aromatic nitrogens is 1. The second-order valence-corrected chi connectivity index (χ2v) is 5.94. The van der Waals surface area contributed by atoms with Crippen LogP contribution < -0.4 is 0 Å². The zero-order chi connectivity index (χ0) is 16.2. The molecular weight excluding hydrogens is 290 g/mol. The van der Waals surface area contributed by atoms with E-state index in [2.05, 4.69) is 72.8 Å². The molecule has 114 valence electrons. The molecule has 0 aliphatic heterocycles. The smallest absolute Gasteiger partial charge is 0.0535 e. The third-order valence-electron chi connectivity index (χ3n) is 4.17. The highest BCUT2D eigenvalue weighted by atomic mass is 14.7. The Labute approximate surface area is 142 Å². The quantitative estimate of drug-likeness (QED) is 0.516. The Balaban J connectivity index is 1.76. The predicted octanol–water partition coefficient (Wildman–Crippen LogP) is 5.02. The zero-order valence-electron chi connectivity index (χ0n) is 13.4. The van der Waals surface area contributed by atoms with E-state index < -0.39 is 0 Å². The van der Waals surface area contributed by atoms with Gasteiger partial charge in [-0.2, -0.15) is 0 Å². The van der Waals surface area contributed by atoms with Crippen molar-refractivity contribution in [2.75, 3.05) is 0 Å². The molecule has 0 fully saturated rings. The van der Waals surface area contributed by atoms with Crippen molar-refractivity contribution in [1.29, 1.82) is 0 Å². The molecule has 0 radical (unpaired) electrons. The maximum Gasteiger partial charge on any atom is 0.0535 e. The molecule has 4 aromatic rings. The van der Waals surface area contributed by atoms with Crippen molar-refractivity contribution in [2.45, 2.75) is 12.8 Å². The number of rotatable bonds is 4. The van der Waals surface area contributed by atoms with Gasteiger partial charge in [0.25, 0.3) is 0 Å². The van der Waals surface area contributed by atoms with E-state index in [1.54, 1.807) is 0 Å². The van der Waals surface area contributed by atoms with Gasteiger partial charge in [0, 0.05) is 29.5 Å². The van der Waals surface area contributed by atoms with Crippen molar-refractivity contribution in [2.24, 2.45) is 0 Å². The van der Waals surface area contributed by atoms with E-state index in [9.17, 15) is 0 Å². The second-order valence-electron chi connectivity index (χ2n) is 5.94. The van der Waals surface area contributed by atoms with Crippen LogP contribution in [0.5, 0.6) is 0 Å². The minimum absolute atomic E-state index is 0.778. The summed E-state index contributed by atoms with van der Waals surface area (Å²) in [5, 5.41) is 2.46. The summed E-state index contributed by atoms with van der Waals surface area (Å²) >= 11 is 0. The lowest BCUT2D eigenvalue weighted by Crippen LogP contribution is -1.99. The van der Waals surface area contributed by atoms with Crippen LogP contribution in [0.25, 0.3) is 10.8 Å². The van der Waals surface area contributed by atoms with Gasteiger partial charge in [-0.05, 0) is 29.1 Å². The first-order valence-electron chi connectivity index (χ1n) is 8.17. The van der Waals surface area contributed by atoms with E-state index in [4.69, 9.17) is 4.98 Å². The van der Waals surface area contributed by atoms with Gasteiger partial charge < -0.3 is 0 Å². The molecule has 0 aliphatic rings. The van der Waals surface area contributed by atoms with Crippen molar-refractivity contribution in [3.63, 3.8) is 0 Å². The molecule has 1 nitrogen and oxygen atoms in total. The number of nitrogens with zero attached hydrogens (tertiary/aromatic N) is 1. The van der Waals surface area contributed by atoms with E-state index >= 15 is 0 Å². The van der Waals surface area contributed by atoms with Crippen LogP contribution in [-0.2, 0) is 12.8 Å². The SMILES string of the molecule is c1cccc(Cc2nc(Cc3ccccc3)cc3ccccc23)c#1. The number of pyridine rings is 1. The first-order chi connectivity index (χ1) is 11.9. The Bertz CT molecular complexity index is 943. The summed E-state index contributed by atoms with van der Waals surface area (Å²) in [4.78, 5) is 4.96. The standard InChI is InChI=1S/C23H17N/c1-3-9-18(10-4-1)15-21-17-20-13-7-8-14-22(20)23(24-21)16-19-11-5-2-6-12-19/h1-5,7-11,13-14,17H,15-16H2. The molecule has 1 aromatic heterocycles. The fourth-order valence-electron chi connectivity index (χ4n) is 3.03. The van der Waals surface area contributed by atoms with Gasteiger partial charge in [0.05, 0.1) is 5.69 Å². The Morgan fingerprint density at radius 2 is 1.62 bits per heavy atom. The van der Waals surface area contributed by atoms with Gasteiger partial charge in [0.2, 0.25) is 0 Å². The average Bonchev–Trinajstić information content (AvgIpc) is 2.63. The van der Waals surface area contributed by atoms with Gasteiger partial charge in [0.15, 0.2) is 0 Å². The summed E-state index contributed by atoms with van der Waals surface area (Å²) in [5.74, 6) is 0. The normalized spacial score (nSPS) is 10.5. The fraction of sp³-hybridized carbons (Fsp3) is 0.0870. The molecule has 0 saturated heterocycles. The van der Waals surface area contributed by atoms with E-state index in [1.807, 2.05) is 18.2 Å². The lowest BCUT2D eigenvalue weighted by Gasteiger charge is -2.09. The molecule has 0 bridgehead atoms. The monoisotopic (exact) mass is 307 g/mol. The number of hydrogen-bond acceptors (Lipinski definition) is 1. The lowest BCUT2D eigenvalue weighted by atomic mass is 10.0.